The van der Waals surface area contributed by atoms with E-state index in [2.05, 4.69) is 5.32 Å². The van der Waals surface area contributed by atoms with E-state index in [1.807, 2.05) is 32.9 Å². The Hall–Kier alpha value is -2.00. The number of carbonyl (C=O) groups is 1. The molecule has 1 unspecified atom stereocenters. The normalized spacial score (nSPS) is 11.9. The van der Waals surface area contributed by atoms with E-state index in [9.17, 15) is 4.79 Å². The fourth-order valence-corrected chi connectivity index (χ4v) is 2.50. The van der Waals surface area contributed by atoms with Gasteiger partial charge >= 0.3 is 0 Å². The summed E-state index contributed by atoms with van der Waals surface area (Å²) in [4.78, 5) is 12.3. The van der Waals surface area contributed by atoms with Gasteiger partial charge in [0.15, 0.2) is 6.10 Å². The van der Waals surface area contributed by atoms with Crippen molar-refractivity contribution in [3.05, 3.63) is 58.1 Å². The first kappa shape index (κ1) is 16.4. The summed E-state index contributed by atoms with van der Waals surface area (Å²) < 4.78 is 5.64. The van der Waals surface area contributed by atoms with Crippen LogP contribution in [-0.2, 0) is 4.79 Å². The fraction of sp³-hybridized carbons (Fsp3) is 0.278. The molecule has 0 fully saturated rings. The highest BCUT2D eigenvalue weighted by atomic mass is 35.5. The minimum atomic E-state index is -0.596. The Labute approximate surface area is 136 Å². The van der Waals surface area contributed by atoms with Crippen molar-refractivity contribution in [2.75, 3.05) is 5.32 Å². The molecule has 1 atom stereocenters. The molecule has 116 valence electrons. The number of anilines is 1. The fourth-order valence-electron chi connectivity index (χ4n) is 2.37. The van der Waals surface area contributed by atoms with E-state index in [1.165, 1.54) is 5.56 Å². The molecule has 1 amide bonds. The lowest BCUT2D eigenvalue weighted by Gasteiger charge is -2.17. The number of nitrogens with one attached hydrogen (secondary N) is 1. The predicted octanol–water partition coefficient (Wildman–Crippen LogP) is 4.67. The SMILES string of the molecule is Cc1cc(C)c(NC(=O)C(C)Oc2ccc(Cl)cc2)c(C)c1. The van der Waals surface area contributed by atoms with Gasteiger partial charge in [-0.15, -0.1) is 0 Å². The predicted molar refractivity (Wildman–Crippen MR) is 90.8 cm³/mol. The molecule has 0 aliphatic heterocycles. The molecule has 3 nitrogen and oxygen atoms in total. The van der Waals surface area contributed by atoms with Gasteiger partial charge in [0.25, 0.3) is 5.91 Å². The molecule has 0 radical (unpaired) electrons. The number of hydrogen-bond donors (Lipinski definition) is 1. The van der Waals surface area contributed by atoms with Crippen LogP contribution in [-0.4, -0.2) is 12.0 Å². The summed E-state index contributed by atoms with van der Waals surface area (Å²) in [6.07, 6.45) is -0.596. The third-order valence-electron chi connectivity index (χ3n) is 3.42. The maximum atomic E-state index is 12.3. The van der Waals surface area contributed by atoms with Crippen LogP contribution in [0, 0.1) is 20.8 Å². The van der Waals surface area contributed by atoms with Crippen molar-refractivity contribution in [3.8, 4) is 5.75 Å². The zero-order valence-electron chi connectivity index (χ0n) is 13.2. The highest BCUT2D eigenvalue weighted by Gasteiger charge is 2.16. The number of halogens is 1. The van der Waals surface area contributed by atoms with Gasteiger partial charge in [0.05, 0.1) is 0 Å². The molecular weight excluding hydrogens is 298 g/mol. The standard InChI is InChI=1S/C18H20ClNO2/c1-11-9-12(2)17(13(3)10-11)20-18(21)14(4)22-16-7-5-15(19)6-8-16/h5-10,14H,1-4H3,(H,20,21). The summed E-state index contributed by atoms with van der Waals surface area (Å²) in [5.74, 6) is 0.439. The number of hydrogen-bond acceptors (Lipinski definition) is 2. The van der Waals surface area contributed by atoms with Crippen molar-refractivity contribution >= 4 is 23.2 Å². The summed E-state index contributed by atoms with van der Waals surface area (Å²) in [5.41, 5.74) is 4.12. The van der Waals surface area contributed by atoms with Gasteiger partial charge in [-0.3, -0.25) is 4.79 Å². The Bertz CT molecular complexity index is 657. The summed E-state index contributed by atoms with van der Waals surface area (Å²) in [7, 11) is 0. The van der Waals surface area contributed by atoms with Gasteiger partial charge in [-0.05, 0) is 63.1 Å². The molecule has 22 heavy (non-hydrogen) atoms. The molecule has 0 heterocycles. The molecule has 0 aromatic heterocycles. The van der Waals surface area contributed by atoms with Crippen LogP contribution in [0.15, 0.2) is 36.4 Å². The van der Waals surface area contributed by atoms with Gasteiger partial charge in [0, 0.05) is 10.7 Å². The maximum absolute atomic E-state index is 12.3. The van der Waals surface area contributed by atoms with E-state index in [0.29, 0.717) is 10.8 Å². The molecule has 0 spiro atoms. The Balaban J connectivity index is 2.07. The van der Waals surface area contributed by atoms with Crippen LogP contribution in [0.25, 0.3) is 0 Å². The maximum Gasteiger partial charge on any atom is 0.265 e. The van der Waals surface area contributed by atoms with E-state index in [0.717, 1.165) is 16.8 Å². The number of benzene rings is 2. The van der Waals surface area contributed by atoms with Gasteiger partial charge in [0.1, 0.15) is 5.75 Å². The molecule has 0 saturated carbocycles. The largest absolute Gasteiger partial charge is 0.481 e. The lowest BCUT2D eigenvalue weighted by molar-refractivity contribution is -0.122. The minimum Gasteiger partial charge on any atom is -0.481 e. The summed E-state index contributed by atoms with van der Waals surface area (Å²) in [5, 5.41) is 3.58. The number of ether oxygens (including phenoxy) is 1. The molecule has 2 aromatic carbocycles. The van der Waals surface area contributed by atoms with Crippen LogP contribution in [0.1, 0.15) is 23.6 Å². The van der Waals surface area contributed by atoms with Gasteiger partial charge in [-0.2, -0.15) is 0 Å². The number of amides is 1. The van der Waals surface area contributed by atoms with E-state index < -0.39 is 6.10 Å². The van der Waals surface area contributed by atoms with Gasteiger partial charge in [-0.25, -0.2) is 0 Å². The Morgan fingerprint density at radius 3 is 2.18 bits per heavy atom. The van der Waals surface area contributed by atoms with Crippen molar-refractivity contribution in [3.63, 3.8) is 0 Å². The zero-order chi connectivity index (χ0) is 16.3. The first-order valence-corrected chi connectivity index (χ1v) is 7.55. The summed E-state index contributed by atoms with van der Waals surface area (Å²) >= 11 is 5.83. The van der Waals surface area contributed by atoms with Crippen LogP contribution in [0.5, 0.6) is 5.75 Å². The minimum absolute atomic E-state index is 0.176. The number of aryl methyl sites for hydroxylation is 3. The molecule has 0 bridgehead atoms. The number of rotatable bonds is 4. The Kier molecular flexibility index (Phi) is 5.09. The molecule has 0 saturated heterocycles. The quantitative estimate of drug-likeness (QED) is 0.889. The smallest absolute Gasteiger partial charge is 0.265 e. The van der Waals surface area contributed by atoms with E-state index in [-0.39, 0.29) is 5.91 Å². The molecule has 4 heteroatoms. The Morgan fingerprint density at radius 1 is 1.09 bits per heavy atom. The van der Waals surface area contributed by atoms with Crippen molar-refractivity contribution in [2.45, 2.75) is 33.8 Å². The van der Waals surface area contributed by atoms with Crippen molar-refractivity contribution in [2.24, 2.45) is 0 Å². The zero-order valence-corrected chi connectivity index (χ0v) is 14.0. The van der Waals surface area contributed by atoms with Crippen LogP contribution < -0.4 is 10.1 Å². The van der Waals surface area contributed by atoms with Crippen molar-refractivity contribution < 1.29 is 9.53 Å². The average Bonchev–Trinajstić information content (AvgIpc) is 2.45. The first-order valence-electron chi connectivity index (χ1n) is 7.18. The molecule has 2 rings (SSSR count). The van der Waals surface area contributed by atoms with Crippen LogP contribution >= 0.6 is 11.6 Å². The van der Waals surface area contributed by atoms with E-state index in [1.54, 1.807) is 31.2 Å². The van der Waals surface area contributed by atoms with Crippen molar-refractivity contribution in [1.29, 1.82) is 0 Å². The summed E-state index contributed by atoms with van der Waals surface area (Å²) in [6.45, 7) is 7.74. The highest BCUT2D eigenvalue weighted by molar-refractivity contribution is 6.30. The molecule has 1 N–H and O–H groups in total. The monoisotopic (exact) mass is 317 g/mol. The lowest BCUT2D eigenvalue weighted by atomic mass is 10.0. The van der Waals surface area contributed by atoms with Crippen LogP contribution in [0.2, 0.25) is 5.02 Å². The van der Waals surface area contributed by atoms with E-state index >= 15 is 0 Å². The second-order valence-electron chi connectivity index (χ2n) is 5.48. The van der Waals surface area contributed by atoms with Gasteiger partial charge < -0.3 is 10.1 Å². The molecule has 2 aromatic rings. The lowest BCUT2D eigenvalue weighted by Crippen LogP contribution is -2.30. The second kappa shape index (κ2) is 6.84. The third-order valence-corrected chi connectivity index (χ3v) is 3.67. The van der Waals surface area contributed by atoms with Gasteiger partial charge in [0.2, 0.25) is 0 Å². The second-order valence-corrected chi connectivity index (χ2v) is 5.91. The highest BCUT2D eigenvalue weighted by Crippen LogP contribution is 2.23. The third kappa shape index (κ3) is 4.01. The number of carbonyl (C=O) groups excluding carboxylic acids is 1. The van der Waals surface area contributed by atoms with E-state index in [4.69, 9.17) is 16.3 Å². The summed E-state index contributed by atoms with van der Waals surface area (Å²) in [6, 6.07) is 11.1. The molecule has 0 aliphatic carbocycles. The molecular formula is C18H20ClNO2. The average molecular weight is 318 g/mol. The van der Waals surface area contributed by atoms with Crippen LogP contribution in [0.3, 0.4) is 0 Å². The first-order chi connectivity index (χ1) is 10.4. The van der Waals surface area contributed by atoms with Crippen molar-refractivity contribution in [1.82, 2.24) is 0 Å². The van der Waals surface area contributed by atoms with Crippen LogP contribution in [0.4, 0.5) is 5.69 Å². The Morgan fingerprint density at radius 2 is 1.64 bits per heavy atom. The van der Waals surface area contributed by atoms with Gasteiger partial charge in [-0.1, -0.05) is 29.3 Å². The molecule has 0 aliphatic rings. The topological polar surface area (TPSA) is 38.3 Å².